The fourth-order valence-electron chi connectivity index (χ4n) is 15.7. The van der Waals surface area contributed by atoms with Crippen LogP contribution in [-0.2, 0) is 73.9 Å². The van der Waals surface area contributed by atoms with E-state index in [0.29, 0.717) is 5.92 Å². The summed E-state index contributed by atoms with van der Waals surface area (Å²) in [5, 5.41) is 7.87. The first kappa shape index (κ1) is 90.8. The van der Waals surface area contributed by atoms with E-state index < -0.39 is 0 Å². The fourth-order valence-corrected chi connectivity index (χ4v) is 16.9. The summed E-state index contributed by atoms with van der Waals surface area (Å²) in [5.41, 5.74) is 29.9. The van der Waals surface area contributed by atoms with E-state index in [4.69, 9.17) is 0 Å². The van der Waals surface area contributed by atoms with Gasteiger partial charge in [0.25, 0.3) is 0 Å². The molecule has 0 fully saturated rings. The number of benzene rings is 13. The molecule has 9 aromatic heterocycles. The number of aryl methyl sites for hydroxylation is 4. The third kappa shape index (κ3) is 21.8. The molecule has 12 heteroatoms. The van der Waals surface area contributed by atoms with Crippen molar-refractivity contribution in [3.8, 4) is 112 Å². The Balaban J connectivity index is 0.000000128. The average molecular weight is 2200 g/mol. The van der Waals surface area contributed by atoms with Crippen molar-refractivity contribution >= 4 is 75.1 Å². The third-order valence-electron chi connectivity index (χ3n) is 21.7. The fraction of sp³-hybridized carbons (Fsp3) is 0.0690. The van der Waals surface area contributed by atoms with Gasteiger partial charge in [0.2, 0.25) is 0 Å². The van der Waals surface area contributed by atoms with Crippen LogP contribution in [-0.4, -0.2) is 39.0 Å². The molecule has 22 aromatic rings. The van der Waals surface area contributed by atoms with Gasteiger partial charge in [-0.05, 0) is 174 Å². The van der Waals surface area contributed by atoms with Gasteiger partial charge in [-0.15, -0.1) is 225 Å². The first-order valence-electron chi connectivity index (χ1n) is 42.0. The van der Waals surface area contributed by atoms with Crippen LogP contribution in [0.1, 0.15) is 30.9 Å². The second kappa shape index (κ2) is 43.6. The topological polar surface area (TPSA) is 87.2 Å². The van der Waals surface area contributed by atoms with E-state index in [-0.39, 0.29) is 60.3 Å². The van der Waals surface area contributed by atoms with E-state index in [1.165, 1.54) is 108 Å². The van der Waals surface area contributed by atoms with Crippen LogP contribution in [0.3, 0.4) is 0 Å². The molecule has 8 nitrogen and oxygen atoms in total. The molecular formula is C116H88Ir3N8S-6. The maximum Gasteiger partial charge on any atom is 0.0491 e. The summed E-state index contributed by atoms with van der Waals surface area (Å²) in [4.78, 5) is 26.6. The van der Waals surface area contributed by atoms with Crippen LogP contribution in [0, 0.1) is 63.1 Å². The van der Waals surface area contributed by atoms with Crippen molar-refractivity contribution in [2.75, 3.05) is 0 Å². The van der Waals surface area contributed by atoms with E-state index in [9.17, 15) is 0 Å². The molecule has 22 rings (SSSR count). The summed E-state index contributed by atoms with van der Waals surface area (Å²) in [7, 11) is 2.13. The number of fused-ring (bicyclic) bond motifs is 9. The Labute approximate surface area is 794 Å². The van der Waals surface area contributed by atoms with Crippen molar-refractivity contribution in [2.24, 2.45) is 13.0 Å². The van der Waals surface area contributed by atoms with Gasteiger partial charge in [-0.1, -0.05) is 190 Å². The Hall–Kier alpha value is -13.5. The monoisotopic (exact) mass is 2200 g/mol. The zero-order valence-corrected chi connectivity index (χ0v) is 79.5. The second-order valence-electron chi connectivity index (χ2n) is 30.9. The van der Waals surface area contributed by atoms with Crippen molar-refractivity contribution in [3.63, 3.8) is 0 Å². The van der Waals surface area contributed by atoms with Crippen LogP contribution in [0.25, 0.3) is 176 Å². The predicted molar refractivity (Wildman–Crippen MR) is 522 cm³/mol. The molecule has 13 aromatic carbocycles. The summed E-state index contributed by atoms with van der Waals surface area (Å²) in [6.07, 6.45) is 5.46. The molecule has 0 bridgehead atoms. The number of nitrogens with zero attached hydrogens (tertiary/aromatic N) is 8. The number of rotatable bonds is 12. The van der Waals surface area contributed by atoms with Crippen LogP contribution in [0.15, 0.2) is 407 Å². The molecule has 0 unspecified atom stereocenters. The summed E-state index contributed by atoms with van der Waals surface area (Å²) in [5.74, 6) is 0.597. The minimum Gasteiger partial charge on any atom is -0.344 e. The zero-order valence-electron chi connectivity index (χ0n) is 71.5. The van der Waals surface area contributed by atoms with Crippen LogP contribution in [0.4, 0.5) is 0 Å². The Morgan fingerprint density at radius 2 is 0.625 bits per heavy atom. The van der Waals surface area contributed by atoms with E-state index in [0.717, 1.165) is 91.2 Å². The van der Waals surface area contributed by atoms with Gasteiger partial charge >= 0.3 is 0 Å². The van der Waals surface area contributed by atoms with Crippen LogP contribution < -0.4 is 0 Å². The minimum atomic E-state index is 0. The number of aromatic nitrogens is 8. The van der Waals surface area contributed by atoms with Crippen molar-refractivity contribution in [2.45, 2.75) is 41.2 Å². The molecule has 0 aliphatic rings. The van der Waals surface area contributed by atoms with Gasteiger partial charge < -0.3 is 39.0 Å². The van der Waals surface area contributed by atoms with Crippen molar-refractivity contribution in [3.05, 3.63) is 460 Å². The molecule has 631 valence electrons. The smallest absolute Gasteiger partial charge is 0.0491 e. The maximum absolute atomic E-state index is 4.47. The quantitative estimate of drug-likeness (QED) is 0.113. The molecule has 0 saturated carbocycles. The van der Waals surface area contributed by atoms with Crippen LogP contribution >= 0.6 is 11.3 Å². The summed E-state index contributed by atoms with van der Waals surface area (Å²) >= 11 is 1.87. The molecule has 0 spiro atoms. The van der Waals surface area contributed by atoms with E-state index in [1.807, 2.05) is 251 Å². The van der Waals surface area contributed by atoms with Gasteiger partial charge in [0.05, 0.1) is 0 Å². The molecule has 0 aliphatic carbocycles. The summed E-state index contributed by atoms with van der Waals surface area (Å²) in [6.45, 7) is 11.5. The third-order valence-corrected chi connectivity index (χ3v) is 22.9. The Kier molecular flexibility index (Phi) is 30.9. The van der Waals surface area contributed by atoms with Gasteiger partial charge in [-0.25, -0.2) is 0 Å². The molecule has 0 amide bonds. The Morgan fingerprint density at radius 1 is 0.273 bits per heavy atom. The normalized spacial score (nSPS) is 10.6. The van der Waals surface area contributed by atoms with Gasteiger partial charge in [-0.2, -0.15) is 0 Å². The number of thiophene rings is 1. The predicted octanol–water partition coefficient (Wildman–Crippen LogP) is 29.7. The summed E-state index contributed by atoms with van der Waals surface area (Å²) in [6, 6.07) is 153. The van der Waals surface area contributed by atoms with Gasteiger partial charge in [0, 0.05) is 173 Å². The van der Waals surface area contributed by atoms with E-state index in [1.54, 1.807) is 0 Å². The molecule has 3 radical (unpaired) electrons. The van der Waals surface area contributed by atoms with Gasteiger partial charge in [-0.3, -0.25) is 0 Å². The van der Waals surface area contributed by atoms with E-state index >= 15 is 0 Å². The number of para-hydroxylation sites is 2. The minimum absolute atomic E-state index is 0. The summed E-state index contributed by atoms with van der Waals surface area (Å²) < 4.78 is 7.39. The van der Waals surface area contributed by atoms with Gasteiger partial charge in [0.1, 0.15) is 0 Å². The molecule has 0 saturated heterocycles. The van der Waals surface area contributed by atoms with Gasteiger partial charge in [0.15, 0.2) is 0 Å². The Morgan fingerprint density at radius 3 is 1.08 bits per heavy atom. The number of hydrogen-bond acceptors (Lipinski definition) is 7. The van der Waals surface area contributed by atoms with Crippen LogP contribution in [0.2, 0.25) is 0 Å². The van der Waals surface area contributed by atoms with Crippen molar-refractivity contribution < 1.29 is 60.3 Å². The average Bonchev–Trinajstić information content (AvgIpc) is 1.61. The first-order chi connectivity index (χ1) is 61.5. The largest absolute Gasteiger partial charge is 0.344 e. The SMILES string of the molecule is CC(C)Cn1c2ccccc2c2cc(-c3cc[c-]c(-c4ccccn4)c3)ccc21.Cc1cccc(-c2[c-]cccc2)n1.Cc1cccc(-c2[c-]cccc2)n1.Cc1cccc(-c2[c-]cccc2)n1.Cn1c2ccccc2c2cc(-c3cc[c-]c(-c4ccccn4)c3)ccc21.[Ir].[Ir].[Ir].[c-]1ccc(-c2cccc(-c3cccc4c3sc3ccccc34)c2)cc1-c1ccccn1. The van der Waals surface area contributed by atoms with E-state index in [2.05, 4.69) is 284 Å². The molecule has 0 N–H and O–H groups in total. The van der Waals surface area contributed by atoms with Crippen molar-refractivity contribution in [1.82, 2.24) is 39.0 Å². The zero-order chi connectivity index (χ0) is 85.2. The molecule has 0 atom stereocenters. The maximum atomic E-state index is 4.47. The second-order valence-corrected chi connectivity index (χ2v) is 31.9. The molecule has 128 heavy (non-hydrogen) atoms. The standard InChI is InChI=1S/C29H18NS.C27H23N2.C24H17N2.3C12H10N.3Ir/c1-2-16-28-25(12-1)26-14-7-13-24(29(26)31-28)22-10-5-8-20(18-22)21-9-6-11-23(19-21)27-15-3-4-17-30-27;1-19(2)18-29-26-12-4-3-10-23(26)24-17-21(13-14-27(24)29)20-8-7-9-22(16-20)25-11-5-6-15-28-25;1-26-23-11-3-2-9-20(23)21-16-18(12-13-24(21)26)17-7-6-8-19(15-17)22-10-4-5-14-25-22;3*1-10-6-5-9-12(13-10)11-7-3-2-4-8-11;;;/h1-10,12-19H;3-8,10-17,19H,18H2,1-2H3;2-7,9-16H,1H3;3*2-7,9H,1H3;;;/q6*-1;;;. The molecule has 0 aliphatic heterocycles. The first-order valence-corrected chi connectivity index (χ1v) is 42.8. The molecule has 9 heterocycles. The molecular weight excluding hydrogens is 2110 g/mol. The number of hydrogen-bond donors (Lipinski definition) is 0. The van der Waals surface area contributed by atoms with Crippen LogP contribution in [0.5, 0.6) is 0 Å². The Bertz CT molecular complexity index is 7220. The van der Waals surface area contributed by atoms with Crippen molar-refractivity contribution in [1.29, 1.82) is 0 Å². The number of pyridine rings is 6.